The maximum Gasteiger partial charge on any atom is 0.422 e. The van der Waals surface area contributed by atoms with Gasteiger partial charge >= 0.3 is 18.3 Å². The van der Waals surface area contributed by atoms with Gasteiger partial charge in [0, 0.05) is 0 Å². The van der Waals surface area contributed by atoms with Crippen molar-refractivity contribution < 1.29 is 35.9 Å². The van der Waals surface area contributed by atoms with E-state index in [0.717, 1.165) is 0 Å². The van der Waals surface area contributed by atoms with Crippen molar-refractivity contribution in [3.8, 4) is 0 Å². The fraction of sp³-hybridized carbons (Fsp3) is 0.727. The lowest BCUT2D eigenvalue weighted by Crippen LogP contribution is -2.47. The molecule has 0 saturated carbocycles. The standard InChI is InChI=1S/C11H12F6O2/c1-7-2-4-9(5-3-7,11(15,16)17)8(18)19-6-10(12,13)14/h2H,3-6H2,1H3. The van der Waals surface area contributed by atoms with Crippen LogP contribution in [0.4, 0.5) is 26.3 Å². The minimum absolute atomic E-state index is 0.000623. The average molecular weight is 290 g/mol. The monoisotopic (exact) mass is 290 g/mol. The number of allylic oxidation sites excluding steroid dienone is 2. The molecule has 2 nitrogen and oxygen atoms in total. The normalized spacial score (nSPS) is 24.9. The molecule has 0 bridgehead atoms. The van der Waals surface area contributed by atoms with Gasteiger partial charge in [-0.15, -0.1) is 0 Å². The summed E-state index contributed by atoms with van der Waals surface area (Å²) >= 11 is 0. The molecule has 1 atom stereocenters. The van der Waals surface area contributed by atoms with Crippen molar-refractivity contribution in [3.63, 3.8) is 0 Å². The van der Waals surface area contributed by atoms with E-state index in [1.807, 2.05) is 0 Å². The van der Waals surface area contributed by atoms with Gasteiger partial charge in [0.05, 0.1) is 0 Å². The molecule has 1 aliphatic carbocycles. The molecule has 1 rings (SSSR count). The molecular weight excluding hydrogens is 278 g/mol. The fourth-order valence-corrected chi connectivity index (χ4v) is 1.81. The molecule has 1 unspecified atom stereocenters. The summed E-state index contributed by atoms with van der Waals surface area (Å²) in [5.74, 6) is -1.86. The van der Waals surface area contributed by atoms with E-state index < -0.39 is 43.2 Å². The summed E-state index contributed by atoms with van der Waals surface area (Å²) in [6.45, 7) is -0.409. The lowest BCUT2D eigenvalue weighted by molar-refractivity contribution is -0.246. The van der Waals surface area contributed by atoms with Crippen LogP contribution in [0.2, 0.25) is 0 Å². The van der Waals surface area contributed by atoms with Crippen LogP contribution in [-0.2, 0) is 9.53 Å². The number of rotatable bonds is 2. The molecule has 0 radical (unpaired) electrons. The molecule has 0 aromatic heterocycles. The van der Waals surface area contributed by atoms with Crippen molar-refractivity contribution in [1.29, 1.82) is 0 Å². The lowest BCUT2D eigenvalue weighted by atomic mass is 9.74. The summed E-state index contributed by atoms with van der Waals surface area (Å²) in [7, 11) is 0. The number of alkyl halides is 6. The minimum atomic E-state index is -4.94. The predicted octanol–water partition coefficient (Wildman–Crippen LogP) is 3.77. The number of carbonyl (C=O) groups excluding carboxylic acids is 1. The van der Waals surface area contributed by atoms with Gasteiger partial charge in [0.25, 0.3) is 0 Å². The average Bonchev–Trinajstić information content (AvgIpc) is 2.24. The first-order valence-corrected chi connectivity index (χ1v) is 5.44. The Hall–Kier alpha value is -1.21. The quantitative estimate of drug-likeness (QED) is 0.439. The summed E-state index contributed by atoms with van der Waals surface area (Å²) in [6.07, 6.45) is -9.84. The summed E-state index contributed by atoms with van der Waals surface area (Å²) < 4.78 is 78.4. The highest BCUT2D eigenvalue weighted by Crippen LogP contribution is 2.49. The number of halogens is 6. The SMILES string of the molecule is CC1=CCC(C(=O)OCC(F)(F)F)(C(F)(F)F)CC1. The lowest BCUT2D eigenvalue weighted by Gasteiger charge is -2.35. The maximum atomic E-state index is 13.0. The molecule has 0 aromatic carbocycles. The van der Waals surface area contributed by atoms with E-state index in [0.29, 0.717) is 5.57 Å². The molecule has 8 heteroatoms. The Labute approximate surface area is 105 Å². The number of carbonyl (C=O) groups is 1. The Morgan fingerprint density at radius 3 is 2.26 bits per heavy atom. The van der Waals surface area contributed by atoms with Crippen molar-refractivity contribution >= 4 is 5.97 Å². The molecule has 0 fully saturated rings. The van der Waals surface area contributed by atoms with Crippen LogP contribution in [0.1, 0.15) is 26.2 Å². The highest BCUT2D eigenvalue weighted by atomic mass is 19.4. The second-order valence-corrected chi connectivity index (χ2v) is 4.53. The zero-order valence-corrected chi connectivity index (χ0v) is 9.99. The predicted molar refractivity (Wildman–Crippen MR) is 53.1 cm³/mol. The van der Waals surface area contributed by atoms with Gasteiger partial charge in [0.1, 0.15) is 0 Å². The molecule has 19 heavy (non-hydrogen) atoms. The molecule has 110 valence electrons. The van der Waals surface area contributed by atoms with Crippen LogP contribution in [-0.4, -0.2) is 24.9 Å². The molecule has 0 spiro atoms. The van der Waals surface area contributed by atoms with Gasteiger partial charge in [0.2, 0.25) is 0 Å². The number of hydrogen-bond donors (Lipinski definition) is 0. The van der Waals surface area contributed by atoms with Gasteiger partial charge in [-0.2, -0.15) is 26.3 Å². The van der Waals surface area contributed by atoms with E-state index in [4.69, 9.17) is 0 Å². The molecule has 0 aromatic rings. The zero-order chi connectivity index (χ0) is 14.9. The first-order valence-electron chi connectivity index (χ1n) is 5.44. The van der Waals surface area contributed by atoms with E-state index in [1.54, 1.807) is 6.92 Å². The van der Waals surface area contributed by atoms with Crippen LogP contribution in [0.15, 0.2) is 11.6 Å². The van der Waals surface area contributed by atoms with Gasteiger partial charge in [-0.25, -0.2) is 0 Å². The van der Waals surface area contributed by atoms with Crippen molar-refractivity contribution in [2.75, 3.05) is 6.61 Å². The van der Waals surface area contributed by atoms with E-state index in [2.05, 4.69) is 4.74 Å². The summed E-state index contributed by atoms with van der Waals surface area (Å²) in [4.78, 5) is 11.4. The fourth-order valence-electron chi connectivity index (χ4n) is 1.81. The van der Waals surface area contributed by atoms with Crippen LogP contribution in [0.3, 0.4) is 0 Å². The van der Waals surface area contributed by atoms with Gasteiger partial charge in [-0.1, -0.05) is 11.6 Å². The molecule has 0 heterocycles. The van der Waals surface area contributed by atoms with Crippen LogP contribution >= 0.6 is 0 Å². The van der Waals surface area contributed by atoms with Crippen LogP contribution in [0, 0.1) is 5.41 Å². The highest BCUT2D eigenvalue weighted by Gasteiger charge is 2.61. The first kappa shape index (κ1) is 15.8. The van der Waals surface area contributed by atoms with Gasteiger partial charge in [-0.05, 0) is 26.2 Å². The maximum absolute atomic E-state index is 13.0. The summed E-state index contributed by atoms with van der Waals surface area (Å²) in [5, 5.41) is 0. The Morgan fingerprint density at radius 1 is 1.32 bits per heavy atom. The molecule has 0 saturated heterocycles. The molecule has 0 N–H and O–H groups in total. The second-order valence-electron chi connectivity index (χ2n) is 4.53. The molecule has 1 aliphatic rings. The van der Waals surface area contributed by atoms with Crippen LogP contribution < -0.4 is 0 Å². The van der Waals surface area contributed by atoms with E-state index in [1.165, 1.54) is 6.08 Å². The topological polar surface area (TPSA) is 26.3 Å². The van der Waals surface area contributed by atoms with Crippen molar-refractivity contribution in [3.05, 3.63) is 11.6 Å². The molecule has 0 aliphatic heterocycles. The van der Waals surface area contributed by atoms with Gasteiger partial charge < -0.3 is 4.74 Å². The third-order valence-corrected chi connectivity index (χ3v) is 3.05. The number of ether oxygens (including phenoxy) is 1. The molecule has 0 amide bonds. The van der Waals surface area contributed by atoms with Crippen molar-refractivity contribution in [2.24, 2.45) is 5.41 Å². The zero-order valence-electron chi connectivity index (χ0n) is 9.99. The minimum Gasteiger partial charge on any atom is -0.455 e. The summed E-state index contributed by atoms with van der Waals surface area (Å²) in [5.41, 5.74) is -2.19. The smallest absolute Gasteiger partial charge is 0.422 e. The second kappa shape index (κ2) is 5.05. The summed E-state index contributed by atoms with van der Waals surface area (Å²) in [6, 6.07) is 0. The Balaban J connectivity index is 2.91. The number of esters is 1. The van der Waals surface area contributed by atoms with E-state index in [9.17, 15) is 31.1 Å². The highest BCUT2D eigenvalue weighted by molar-refractivity contribution is 5.78. The third kappa shape index (κ3) is 3.63. The third-order valence-electron chi connectivity index (χ3n) is 3.05. The van der Waals surface area contributed by atoms with Crippen molar-refractivity contribution in [1.82, 2.24) is 0 Å². The van der Waals surface area contributed by atoms with Crippen LogP contribution in [0.5, 0.6) is 0 Å². The Kier molecular flexibility index (Phi) is 4.21. The Morgan fingerprint density at radius 2 is 1.89 bits per heavy atom. The Bertz CT molecular complexity index is 382. The number of hydrogen-bond acceptors (Lipinski definition) is 2. The van der Waals surface area contributed by atoms with Gasteiger partial charge in [-0.3, -0.25) is 4.79 Å². The first-order chi connectivity index (χ1) is 8.48. The van der Waals surface area contributed by atoms with E-state index in [-0.39, 0.29) is 6.42 Å². The van der Waals surface area contributed by atoms with E-state index >= 15 is 0 Å². The van der Waals surface area contributed by atoms with Crippen molar-refractivity contribution in [2.45, 2.75) is 38.5 Å². The largest absolute Gasteiger partial charge is 0.455 e. The molecular formula is C11H12F6O2. The van der Waals surface area contributed by atoms with Crippen LogP contribution in [0.25, 0.3) is 0 Å². The van der Waals surface area contributed by atoms with Gasteiger partial charge in [0.15, 0.2) is 12.0 Å².